The van der Waals surface area contributed by atoms with E-state index in [9.17, 15) is 4.79 Å². The van der Waals surface area contributed by atoms with E-state index in [0.29, 0.717) is 5.92 Å². The normalized spacial score (nSPS) is 23.8. The number of carbonyl (C=O) groups is 1. The quantitative estimate of drug-likeness (QED) is 0.857. The largest absolute Gasteiger partial charge is 0.347 e. The molecule has 1 aromatic rings. The monoisotopic (exact) mass is 246 g/mol. The standard InChI is InChI=1S/C15H22N2O/c1-9(2)10(3)15(18)17-14-12-7-5-4-6-11(12)8-13(14)16/h4-7,9-10,13-14H,8,16H2,1-3H3,(H,17,18). The number of fused-ring (bicyclic) bond motifs is 1. The third-order valence-electron chi connectivity index (χ3n) is 3.99. The first-order valence-corrected chi connectivity index (χ1v) is 6.64. The summed E-state index contributed by atoms with van der Waals surface area (Å²) in [7, 11) is 0. The minimum Gasteiger partial charge on any atom is -0.347 e. The lowest BCUT2D eigenvalue weighted by Gasteiger charge is -2.22. The Kier molecular flexibility index (Phi) is 3.71. The molecule has 0 saturated heterocycles. The van der Waals surface area contributed by atoms with Crippen molar-refractivity contribution in [2.75, 3.05) is 0 Å². The molecule has 0 spiro atoms. The van der Waals surface area contributed by atoms with Gasteiger partial charge in [0.25, 0.3) is 0 Å². The molecular weight excluding hydrogens is 224 g/mol. The maximum absolute atomic E-state index is 12.1. The van der Waals surface area contributed by atoms with E-state index in [1.807, 2.05) is 19.1 Å². The van der Waals surface area contributed by atoms with Crippen molar-refractivity contribution in [2.24, 2.45) is 17.6 Å². The molecule has 1 aromatic carbocycles. The van der Waals surface area contributed by atoms with E-state index >= 15 is 0 Å². The first-order chi connectivity index (χ1) is 8.50. The second-order valence-corrected chi connectivity index (χ2v) is 5.59. The minimum absolute atomic E-state index is 0.00860. The lowest BCUT2D eigenvalue weighted by atomic mass is 9.96. The second-order valence-electron chi connectivity index (χ2n) is 5.59. The molecule has 3 unspecified atom stereocenters. The maximum atomic E-state index is 12.1. The number of benzene rings is 1. The molecule has 3 heteroatoms. The van der Waals surface area contributed by atoms with Crippen LogP contribution < -0.4 is 11.1 Å². The number of carbonyl (C=O) groups excluding carboxylic acids is 1. The van der Waals surface area contributed by atoms with Crippen LogP contribution in [0.5, 0.6) is 0 Å². The Hall–Kier alpha value is -1.35. The smallest absolute Gasteiger partial charge is 0.223 e. The van der Waals surface area contributed by atoms with Gasteiger partial charge in [0.05, 0.1) is 6.04 Å². The molecule has 3 nitrogen and oxygen atoms in total. The van der Waals surface area contributed by atoms with Gasteiger partial charge in [-0.15, -0.1) is 0 Å². The summed E-state index contributed by atoms with van der Waals surface area (Å²) in [6.07, 6.45) is 0.844. The zero-order chi connectivity index (χ0) is 13.3. The second kappa shape index (κ2) is 5.11. The van der Waals surface area contributed by atoms with Gasteiger partial charge in [0.15, 0.2) is 0 Å². The van der Waals surface area contributed by atoms with Gasteiger partial charge in [0.1, 0.15) is 0 Å². The third kappa shape index (κ3) is 2.41. The van der Waals surface area contributed by atoms with E-state index in [2.05, 4.69) is 31.3 Å². The van der Waals surface area contributed by atoms with Crippen molar-refractivity contribution in [1.82, 2.24) is 5.32 Å². The van der Waals surface area contributed by atoms with E-state index < -0.39 is 0 Å². The molecule has 1 aliphatic carbocycles. The zero-order valence-electron chi connectivity index (χ0n) is 11.3. The van der Waals surface area contributed by atoms with Crippen LogP contribution in [0, 0.1) is 11.8 Å². The average Bonchev–Trinajstić information content (AvgIpc) is 2.65. The predicted octanol–water partition coefficient (Wildman–Crippen LogP) is 2.02. The van der Waals surface area contributed by atoms with Gasteiger partial charge < -0.3 is 11.1 Å². The van der Waals surface area contributed by atoms with Crippen LogP contribution in [-0.4, -0.2) is 11.9 Å². The van der Waals surface area contributed by atoms with E-state index in [4.69, 9.17) is 5.73 Å². The number of nitrogens with two attached hydrogens (primary N) is 1. The topological polar surface area (TPSA) is 55.1 Å². The van der Waals surface area contributed by atoms with Crippen LogP contribution in [-0.2, 0) is 11.2 Å². The molecule has 2 rings (SSSR count). The van der Waals surface area contributed by atoms with Gasteiger partial charge in [-0.25, -0.2) is 0 Å². The summed E-state index contributed by atoms with van der Waals surface area (Å²) in [4.78, 5) is 12.1. The van der Waals surface area contributed by atoms with E-state index in [1.165, 1.54) is 11.1 Å². The Bertz CT molecular complexity index is 442. The Morgan fingerprint density at radius 1 is 1.33 bits per heavy atom. The van der Waals surface area contributed by atoms with Crippen molar-refractivity contribution in [3.63, 3.8) is 0 Å². The summed E-state index contributed by atoms with van der Waals surface area (Å²) in [5, 5.41) is 3.10. The Balaban J connectivity index is 2.13. The highest BCUT2D eigenvalue weighted by Gasteiger charge is 2.31. The van der Waals surface area contributed by atoms with Gasteiger partial charge in [-0.05, 0) is 23.5 Å². The molecule has 0 fully saturated rings. The molecule has 3 atom stereocenters. The van der Waals surface area contributed by atoms with Crippen molar-refractivity contribution in [1.29, 1.82) is 0 Å². The molecule has 0 radical (unpaired) electrons. The van der Waals surface area contributed by atoms with Gasteiger partial charge in [-0.2, -0.15) is 0 Å². The Morgan fingerprint density at radius 2 is 2.00 bits per heavy atom. The van der Waals surface area contributed by atoms with Crippen LogP contribution in [0.15, 0.2) is 24.3 Å². The molecule has 3 N–H and O–H groups in total. The zero-order valence-corrected chi connectivity index (χ0v) is 11.3. The van der Waals surface area contributed by atoms with Crippen LogP contribution >= 0.6 is 0 Å². The summed E-state index contributed by atoms with van der Waals surface area (Å²) in [6.45, 7) is 6.09. The molecule has 0 aromatic heterocycles. The number of hydrogen-bond acceptors (Lipinski definition) is 2. The van der Waals surface area contributed by atoms with Crippen molar-refractivity contribution in [3.05, 3.63) is 35.4 Å². The van der Waals surface area contributed by atoms with Crippen molar-refractivity contribution < 1.29 is 4.79 Å². The number of nitrogens with one attached hydrogen (secondary N) is 1. The Labute approximate surface area is 109 Å². The first-order valence-electron chi connectivity index (χ1n) is 6.64. The minimum atomic E-state index is -0.0325. The van der Waals surface area contributed by atoms with Gasteiger partial charge in [-0.1, -0.05) is 45.0 Å². The van der Waals surface area contributed by atoms with Gasteiger partial charge in [0, 0.05) is 12.0 Å². The average molecular weight is 246 g/mol. The van der Waals surface area contributed by atoms with Crippen LogP contribution in [0.4, 0.5) is 0 Å². The van der Waals surface area contributed by atoms with Crippen molar-refractivity contribution >= 4 is 5.91 Å². The fourth-order valence-corrected chi connectivity index (χ4v) is 2.40. The SMILES string of the molecule is CC(C)C(C)C(=O)NC1c2ccccc2CC1N. The summed E-state index contributed by atoms with van der Waals surface area (Å²) >= 11 is 0. The molecule has 0 heterocycles. The highest BCUT2D eigenvalue weighted by molar-refractivity contribution is 5.79. The molecule has 0 aliphatic heterocycles. The summed E-state index contributed by atoms with van der Waals surface area (Å²) in [6, 6.07) is 8.13. The van der Waals surface area contributed by atoms with Gasteiger partial charge in [-0.3, -0.25) is 4.79 Å². The molecule has 18 heavy (non-hydrogen) atoms. The number of rotatable bonds is 3. The molecule has 0 bridgehead atoms. The maximum Gasteiger partial charge on any atom is 0.223 e. The lowest BCUT2D eigenvalue weighted by Crippen LogP contribution is -2.41. The number of amides is 1. The first kappa shape index (κ1) is 13.1. The van der Waals surface area contributed by atoms with Crippen molar-refractivity contribution in [3.8, 4) is 0 Å². The van der Waals surface area contributed by atoms with Gasteiger partial charge >= 0.3 is 0 Å². The van der Waals surface area contributed by atoms with Crippen LogP contribution in [0.2, 0.25) is 0 Å². The summed E-state index contributed by atoms with van der Waals surface area (Å²) < 4.78 is 0. The highest BCUT2D eigenvalue weighted by Crippen LogP contribution is 2.30. The predicted molar refractivity (Wildman–Crippen MR) is 73.0 cm³/mol. The van der Waals surface area contributed by atoms with E-state index in [0.717, 1.165) is 6.42 Å². The number of hydrogen-bond donors (Lipinski definition) is 2. The molecular formula is C15H22N2O. The van der Waals surface area contributed by atoms with Crippen LogP contribution in [0.3, 0.4) is 0 Å². The molecule has 1 amide bonds. The van der Waals surface area contributed by atoms with Crippen LogP contribution in [0.1, 0.15) is 37.9 Å². The fourth-order valence-electron chi connectivity index (χ4n) is 2.40. The fraction of sp³-hybridized carbons (Fsp3) is 0.533. The Morgan fingerprint density at radius 3 is 2.67 bits per heavy atom. The van der Waals surface area contributed by atoms with Gasteiger partial charge in [0.2, 0.25) is 5.91 Å². The third-order valence-corrected chi connectivity index (χ3v) is 3.99. The highest BCUT2D eigenvalue weighted by atomic mass is 16.1. The lowest BCUT2D eigenvalue weighted by molar-refractivity contribution is -0.126. The van der Waals surface area contributed by atoms with E-state index in [-0.39, 0.29) is 23.9 Å². The summed E-state index contributed by atoms with van der Waals surface area (Å²) in [5.74, 6) is 0.463. The molecule has 0 saturated carbocycles. The molecule has 1 aliphatic rings. The van der Waals surface area contributed by atoms with Crippen molar-refractivity contribution in [2.45, 2.75) is 39.3 Å². The van der Waals surface area contributed by atoms with E-state index in [1.54, 1.807) is 0 Å². The summed E-state index contributed by atoms with van der Waals surface area (Å²) in [5.41, 5.74) is 8.57. The molecule has 98 valence electrons. The van der Waals surface area contributed by atoms with Crippen LogP contribution in [0.25, 0.3) is 0 Å².